The highest BCUT2D eigenvalue weighted by atomic mass is 16.5. The molecule has 2 aromatic rings. The number of Topliss-reactive ketones (excluding diaryl/α,β-unsaturated/α-hetero) is 1. The number of ether oxygens (including phenoxy) is 1. The Morgan fingerprint density at radius 2 is 1.89 bits per heavy atom. The molecule has 4 rings (SSSR count). The average Bonchev–Trinajstić information content (AvgIpc) is 3.06. The maximum atomic E-state index is 13.1. The summed E-state index contributed by atoms with van der Waals surface area (Å²) in [6.07, 6.45) is 2.28. The molecule has 1 aromatic carbocycles. The molecule has 1 saturated heterocycles. The van der Waals surface area contributed by atoms with Gasteiger partial charge in [0.2, 0.25) is 0 Å². The summed E-state index contributed by atoms with van der Waals surface area (Å²) < 4.78 is 5.75. The second-order valence-electron chi connectivity index (χ2n) is 7.44. The molecule has 0 unspecified atom stereocenters. The Kier molecular flexibility index (Phi) is 5.11. The Hall–Kier alpha value is -2.76. The number of benzene rings is 1. The highest BCUT2D eigenvalue weighted by Gasteiger charge is 2.30. The summed E-state index contributed by atoms with van der Waals surface area (Å²) in [5.74, 6) is 1.04. The lowest BCUT2D eigenvalue weighted by atomic mass is 9.93. The maximum Gasteiger partial charge on any atom is 0.270 e. The van der Waals surface area contributed by atoms with E-state index in [1.165, 1.54) is 0 Å². The summed E-state index contributed by atoms with van der Waals surface area (Å²) in [7, 11) is 0. The first-order chi connectivity index (χ1) is 13.6. The molecule has 1 aromatic heterocycles. The largest absolute Gasteiger partial charge is 0.492 e. The number of hydrogen-bond acceptors (Lipinski definition) is 4. The van der Waals surface area contributed by atoms with Crippen LogP contribution in [0, 0.1) is 6.92 Å². The zero-order chi connectivity index (χ0) is 19.7. The van der Waals surface area contributed by atoms with Gasteiger partial charge in [-0.25, -0.2) is 0 Å². The quantitative estimate of drug-likeness (QED) is 0.883. The van der Waals surface area contributed by atoms with E-state index in [4.69, 9.17) is 4.74 Å². The molecule has 0 radical (unpaired) electrons. The molecule has 0 spiro atoms. The van der Waals surface area contributed by atoms with Gasteiger partial charge in [-0.1, -0.05) is 12.1 Å². The van der Waals surface area contributed by atoms with E-state index in [2.05, 4.69) is 16.0 Å². The van der Waals surface area contributed by atoms with E-state index in [-0.39, 0.29) is 11.7 Å². The first kappa shape index (κ1) is 18.6. The van der Waals surface area contributed by atoms with Gasteiger partial charge in [-0.05, 0) is 44.4 Å². The molecule has 2 heterocycles. The summed E-state index contributed by atoms with van der Waals surface area (Å²) >= 11 is 0. The fourth-order valence-corrected chi connectivity index (χ4v) is 4.29. The van der Waals surface area contributed by atoms with Crippen LogP contribution in [0.5, 0.6) is 5.75 Å². The SMILES string of the molecule is CCOc1ccccc1N1CCN(C(=O)c2[nH]c3c(c2C)C(=O)CCC3)CC1. The Morgan fingerprint density at radius 1 is 1.14 bits per heavy atom. The van der Waals surface area contributed by atoms with Crippen LogP contribution in [0.3, 0.4) is 0 Å². The number of fused-ring (bicyclic) bond motifs is 1. The third-order valence-electron chi connectivity index (χ3n) is 5.72. The zero-order valence-corrected chi connectivity index (χ0v) is 16.6. The number of anilines is 1. The van der Waals surface area contributed by atoms with E-state index in [1.807, 2.05) is 36.9 Å². The number of H-pyrrole nitrogens is 1. The number of carbonyl (C=O) groups is 2. The number of amides is 1. The van der Waals surface area contributed by atoms with E-state index < -0.39 is 0 Å². The third kappa shape index (κ3) is 3.28. The van der Waals surface area contributed by atoms with Crippen LogP contribution in [-0.2, 0) is 6.42 Å². The number of carbonyl (C=O) groups excluding carboxylic acids is 2. The number of ketones is 1. The van der Waals surface area contributed by atoms with E-state index in [9.17, 15) is 9.59 Å². The van der Waals surface area contributed by atoms with E-state index in [0.717, 1.165) is 54.2 Å². The van der Waals surface area contributed by atoms with Crippen molar-refractivity contribution in [3.05, 3.63) is 46.8 Å². The number of piperazine rings is 1. The lowest BCUT2D eigenvalue weighted by Gasteiger charge is -2.36. The number of aryl methyl sites for hydroxylation is 1. The molecule has 1 amide bonds. The van der Waals surface area contributed by atoms with Crippen LogP contribution in [0.2, 0.25) is 0 Å². The monoisotopic (exact) mass is 381 g/mol. The zero-order valence-electron chi connectivity index (χ0n) is 16.6. The minimum absolute atomic E-state index is 0.00237. The molecule has 1 N–H and O–H groups in total. The minimum atomic E-state index is -0.00237. The van der Waals surface area contributed by atoms with Crippen LogP contribution >= 0.6 is 0 Å². The standard InChI is InChI=1S/C22H27N3O3/c1-3-28-19-10-5-4-8-17(19)24-11-13-25(14-12-24)22(27)21-15(2)20-16(23-21)7-6-9-18(20)26/h4-5,8,10,23H,3,6-7,9,11-14H2,1-2H3. The second-order valence-corrected chi connectivity index (χ2v) is 7.44. The Labute approximate surface area is 165 Å². The fraction of sp³-hybridized carbons (Fsp3) is 0.455. The van der Waals surface area contributed by atoms with Gasteiger partial charge in [-0.3, -0.25) is 9.59 Å². The van der Waals surface area contributed by atoms with Crippen LogP contribution < -0.4 is 9.64 Å². The van der Waals surface area contributed by atoms with Crippen LogP contribution in [0.15, 0.2) is 24.3 Å². The number of para-hydroxylation sites is 2. The molecule has 6 nitrogen and oxygen atoms in total. The van der Waals surface area contributed by atoms with Crippen molar-refractivity contribution in [1.82, 2.24) is 9.88 Å². The number of aromatic amines is 1. The van der Waals surface area contributed by atoms with Crippen molar-refractivity contribution in [2.45, 2.75) is 33.1 Å². The maximum absolute atomic E-state index is 13.1. The summed E-state index contributed by atoms with van der Waals surface area (Å²) in [5, 5.41) is 0. The van der Waals surface area contributed by atoms with Crippen molar-refractivity contribution >= 4 is 17.4 Å². The number of nitrogens with zero attached hydrogens (tertiary/aromatic N) is 2. The van der Waals surface area contributed by atoms with Gasteiger partial charge < -0.3 is 19.5 Å². The molecule has 1 fully saturated rings. The summed E-state index contributed by atoms with van der Waals surface area (Å²) in [5.41, 5.74) is 4.16. The number of hydrogen-bond donors (Lipinski definition) is 1. The van der Waals surface area contributed by atoms with Crippen LogP contribution in [0.25, 0.3) is 0 Å². The molecule has 6 heteroatoms. The molecule has 2 aliphatic rings. The molecule has 148 valence electrons. The Bertz CT molecular complexity index is 894. The highest BCUT2D eigenvalue weighted by Crippen LogP contribution is 2.30. The summed E-state index contributed by atoms with van der Waals surface area (Å²) in [6.45, 7) is 7.32. The smallest absolute Gasteiger partial charge is 0.270 e. The van der Waals surface area contributed by atoms with Gasteiger partial charge in [0.15, 0.2) is 5.78 Å². The number of nitrogens with one attached hydrogen (secondary N) is 1. The van der Waals surface area contributed by atoms with Crippen LogP contribution in [0.4, 0.5) is 5.69 Å². The van der Waals surface area contributed by atoms with Gasteiger partial charge in [0.1, 0.15) is 11.4 Å². The Balaban J connectivity index is 1.48. The van der Waals surface area contributed by atoms with Crippen LogP contribution in [-0.4, -0.2) is 54.4 Å². The molecule has 28 heavy (non-hydrogen) atoms. The normalized spacial score (nSPS) is 16.9. The predicted octanol–water partition coefficient (Wildman–Crippen LogP) is 3.20. The van der Waals surface area contributed by atoms with Gasteiger partial charge in [0, 0.05) is 43.9 Å². The fourth-order valence-electron chi connectivity index (χ4n) is 4.29. The molecular formula is C22H27N3O3. The van der Waals surface area contributed by atoms with Crippen molar-refractivity contribution < 1.29 is 14.3 Å². The van der Waals surface area contributed by atoms with Crippen molar-refractivity contribution in [2.24, 2.45) is 0 Å². The van der Waals surface area contributed by atoms with Gasteiger partial charge in [0.25, 0.3) is 5.91 Å². The molecular weight excluding hydrogens is 354 g/mol. The first-order valence-corrected chi connectivity index (χ1v) is 10.1. The number of aromatic nitrogens is 1. The lowest BCUT2D eigenvalue weighted by Crippen LogP contribution is -2.49. The lowest BCUT2D eigenvalue weighted by molar-refractivity contribution is 0.0740. The average molecular weight is 381 g/mol. The van der Waals surface area contributed by atoms with Gasteiger partial charge >= 0.3 is 0 Å². The first-order valence-electron chi connectivity index (χ1n) is 10.1. The summed E-state index contributed by atoms with van der Waals surface area (Å²) in [4.78, 5) is 32.7. The molecule has 1 aliphatic carbocycles. The minimum Gasteiger partial charge on any atom is -0.492 e. The Morgan fingerprint density at radius 3 is 2.61 bits per heavy atom. The summed E-state index contributed by atoms with van der Waals surface area (Å²) in [6, 6.07) is 8.04. The van der Waals surface area contributed by atoms with Crippen molar-refractivity contribution in [1.29, 1.82) is 0 Å². The van der Waals surface area contributed by atoms with E-state index in [1.54, 1.807) is 0 Å². The molecule has 0 saturated carbocycles. The van der Waals surface area contributed by atoms with Crippen LogP contribution in [0.1, 0.15) is 51.9 Å². The van der Waals surface area contributed by atoms with Crippen molar-refractivity contribution in [2.75, 3.05) is 37.7 Å². The van der Waals surface area contributed by atoms with Crippen molar-refractivity contribution in [3.8, 4) is 5.75 Å². The van der Waals surface area contributed by atoms with Gasteiger partial charge in [0.05, 0.1) is 12.3 Å². The van der Waals surface area contributed by atoms with E-state index in [0.29, 0.717) is 31.8 Å². The van der Waals surface area contributed by atoms with E-state index >= 15 is 0 Å². The predicted molar refractivity (Wildman–Crippen MR) is 109 cm³/mol. The third-order valence-corrected chi connectivity index (χ3v) is 5.72. The molecule has 1 aliphatic heterocycles. The topological polar surface area (TPSA) is 65.6 Å². The molecule has 0 bridgehead atoms. The van der Waals surface area contributed by atoms with Gasteiger partial charge in [-0.2, -0.15) is 0 Å². The molecule has 0 atom stereocenters. The second kappa shape index (κ2) is 7.70. The van der Waals surface area contributed by atoms with Gasteiger partial charge in [-0.15, -0.1) is 0 Å². The van der Waals surface area contributed by atoms with Crippen molar-refractivity contribution in [3.63, 3.8) is 0 Å². The highest BCUT2D eigenvalue weighted by molar-refractivity contribution is 6.04. The number of rotatable bonds is 4.